The maximum atomic E-state index is 4.77. The lowest BCUT2D eigenvalue weighted by Gasteiger charge is -2.21. The average Bonchev–Trinajstić information content (AvgIpc) is 2.84. The van der Waals surface area contributed by atoms with E-state index >= 15 is 0 Å². The molecule has 0 bridgehead atoms. The summed E-state index contributed by atoms with van der Waals surface area (Å²) < 4.78 is 1.95. The number of aryl methyl sites for hydroxylation is 2. The van der Waals surface area contributed by atoms with Gasteiger partial charge in [-0.3, -0.25) is 0 Å². The molecule has 0 spiro atoms. The lowest BCUT2D eigenvalue weighted by atomic mass is 10.0. The Hall–Kier alpha value is -2.40. The van der Waals surface area contributed by atoms with Gasteiger partial charge in [0.2, 0.25) is 0 Å². The molecule has 4 rings (SSSR count). The molecule has 0 amide bonds. The van der Waals surface area contributed by atoms with Crippen LogP contribution in [0.1, 0.15) is 17.5 Å². The zero-order valence-electron chi connectivity index (χ0n) is 14.3. The van der Waals surface area contributed by atoms with Gasteiger partial charge in [0.15, 0.2) is 5.82 Å². The lowest BCUT2D eigenvalue weighted by molar-refractivity contribution is 0.724. The first-order valence-electron chi connectivity index (χ1n) is 8.60. The molecule has 0 saturated carbocycles. The first-order chi connectivity index (χ1) is 11.7. The van der Waals surface area contributed by atoms with E-state index in [9.17, 15) is 0 Å². The molecule has 0 radical (unpaired) electrons. The van der Waals surface area contributed by atoms with Crippen LogP contribution in [-0.4, -0.2) is 40.8 Å². The first-order valence-corrected chi connectivity index (χ1v) is 8.60. The summed E-state index contributed by atoms with van der Waals surface area (Å²) in [4.78, 5) is 7.01. The molecular weight excluding hydrogens is 298 g/mol. The number of anilines is 1. The van der Waals surface area contributed by atoms with Gasteiger partial charge in [0.05, 0.1) is 5.69 Å². The second kappa shape index (κ2) is 6.24. The second-order valence-electron chi connectivity index (χ2n) is 6.50. The number of fused-ring (bicyclic) bond motifs is 1. The van der Waals surface area contributed by atoms with E-state index < -0.39 is 0 Å². The molecule has 124 valence electrons. The molecule has 1 N–H and O–H groups in total. The van der Waals surface area contributed by atoms with Crippen molar-refractivity contribution in [1.29, 1.82) is 0 Å². The third-order valence-electron chi connectivity index (χ3n) is 4.81. The maximum absolute atomic E-state index is 4.77. The molecule has 2 aromatic heterocycles. The molecule has 3 aromatic rings. The number of nitrogens with one attached hydrogen (secondary N) is 1. The van der Waals surface area contributed by atoms with E-state index in [0.717, 1.165) is 55.2 Å². The van der Waals surface area contributed by atoms with E-state index in [1.54, 1.807) is 0 Å². The van der Waals surface area contributed by atoms with Gasteiger partial charge in [-0.1, -0.05) is 12.1 Å². The van der Waals surface area contributed by atoms with E-state index in [0.29, 0.717) is 0 Å². The summed E-state index contributed by atoms with van der Waals surface area (Å²) in [5, 5.41) is 8.21. The number of nitrogens with zero attached hydrogens (tertiary/aromatic N) is 4. The molecule has 1 aromatic carbocycles. The summed E-state index contributed by atoms with van der Waals surface area (Å²) in [7, 11) is 0. The number of rotatable bonds is 2. The number of hydrogen-bond acceptors (Lipinski definition) is 4. The highest BCUT2D eigenvalue weighted by molar-refractivity contribution is 5.75. The Morgan fingerprint density at radius 2 is 1.96 bits per heavy atom. The summed E-state index contributed by atoms with van der Waals surface area (Å²) in [5.41, 5.74) is 5.83. The van der Waals surface area contributed by atoms with Gasteiger partial charge in [0, 0.05) is 37.6 Å². The van der Waals surface area contributed by atoms with Gasteiger partial charge in [-0.2, -0.15) is 5.10 Å². The molecule has 5 nitrogen and oxygen atoms in total. The van der Waals surface area contributed by atoms with Crippen LogP contribution in [0, 0.1) is 13.8 Å². The summed E-state index contributed by atoms with van der Waals surface area (Å²) in [6, 6.07) is 8.67. The Kier molecular flexibility index (Phi) is 3.94. The van der Waals surface area contributed by atoms with Gasteiger partial charge < -0.3 is 10.2 Å². The number of hydrogen-bond donors (Lipinski definition) is 1. The van der Waals surface area contributed by atoms with E-state index in [4.69, 9.17) is 5.10 Å². The normalized spacial score (nSPS) is 15.7. The summed E-state index contributed by atoms with van der Waals surface area (Å²) in [6.07, 6.45) is 4.91. The maximum Gasteiger partial charge on any atom is 0.154 e. The van der Waals surface area contributed by atoms with Crippen molar-refractivity contribution in [3.05, 3.63) is 47.8 Å². The third kappa shape index (κ3) is 2.76. The summed E-state index contributed by atoms with van der Waals surface area (Å²) in [5.74, 6) is 1.03. The minimum atomic E-state index is 0.983. The highest BCUT2D eigenvalue weighted by Crippen LogP contribution is 2.26. The van der Waals surface area contributed by atoms with Gasteiger partial charge in [-0.05, 0) is 50.1 Å². The molecule has 0 aliphatic carbocycles. The third-order valence-corrected chi connectivity index (χ3v) is 4.81. The van der Waals surface area contributed by atoms with Crippen LogP contribution in [0.2, 0.25) is 0 Å². The molecule has 5 heteroatoms. The fourth-order valence-electron chi connectivity index (χ4n) is 3.25. The molecule has 1 aliphatic rings. The van der Waals surface area contributed by atoms with Crippen LogP contribution in [0.5, 0.6) is 0 Å². The molecule has 0 unspecified atom stereocenters. The Morgan fingerprint density at radius 1 is 1.04 bits per heavy atom. The second-order valence-corrected chi connectivity index (χ2v) is 6.50. The van der Waals surface area contributed by atoms with Crippen molar-refractivity contribution in [2.45, 2.75) is 20.3 Å². The Bertz CT molecular complexity index is 859. The minimum Gasteiger partial charge on any atom is -0.354 e. The minimum absolute atomic E-state index is 0.983. The molecule has 24 heavy (non-hydrogen) atoms. The van der Waals surface area contributed by atoms with Gasteiger partial charge in [-0.25, -0.2) is 9.50 Å². The van der Waals surface area contributed by atoms with Crippen LogP contribution >= 0.6 is 0 Å². The zero-order valence-corrected chi connectivity index (χ0v) is 14.3. The molecule has 1 fully saturated rings. The van der Waals surface area contributed by atoms with Gasteiger partial charge in [0.25, 0.3) is 0 Å². The monoisotopic (exact) mass is 321 g/mol. The predicted molar refractivity (Wildman–Crippen MR) is 97.6 cm³/mol. The van der Waals surface area contributed by atoms with E-state index in [1.165, 1.54) is 11.1 Å². The van der Waals surface area contributed by atoms with Crippen LogP contribution in [-0.2, 0) is 0 Å². The first kappa shape index (κ1) is 15.1. The van der Waals surface area contributed by atoms with Gasteiger partial charge in [-0.15, -0.1) is 0 Å². The molecule has 1 aliphatic heterocycles. The van der Waals surface area contributed by atoms with Crippen molar-refractivity contribution in [1.82, 2.24) is 19.9 Å². The van der Waals surface area contributed by atoms with Crippen molar-refractivity contribution in [2.24, 2.45) is 0 Å². The molecule has 1 saturated heterocycles. The van der Waals surface area contributed by atoms with Crippen molar-refractivity contribution < 1.29 is 0 Å². The topological polar surface area (TPSA) is 45.5 Å². The van der Waals surface area contributed by atoms with E-state index in [-0.39, 0.29) is 0 Å². The Morgan fingerprint density at radius 3 is 2.83 bits per heavy atom. The fourth-order valence-corrected chi connectivity index (χ4v) is 3.25. The Labute approximate surface area is 142 Å². The van der Waals surface area contributed by atoms with Gasteiger partial charge in [0.1, 0.15) is 5.52 Å². The van der Waals surface area contributed by atoms with Crippen LogP contribution in [0.4, 0.5) is 5.82 Å². The summed E-state index contributed by atoms with van der Waals surface area (Å²) in [6.45, 7) is 8.37. The highest BCUT2D eigenvalue weighted by Gasteiger charge is 2.16. The van der Waals surface area contributed by atoms with E-state index in [1.807, 2.05) is 16.9 Å². The molecular formula is C19H23N5. The van der Waals surface area contributed by atoms with Gasteiger partial charge >= 0.3 is 0 Å². The SMILES string of the molecule is Cc1ccc(-c2cc3c(N4CCCNCC4)nccn3n2)cc1C. The molecule has 3 heterocycles. The Balaban J connectivity index is 1.77. The predicted octanol–water partition coefficient (Wildman–Crippen LogP) is 2.81. The number of benzene rings is 1. The van der Waals surface area contributed by atoms with Crippen LogP contribution < -0.4 is 10.2 Å². The largest absolute Gasteiger partial charge is 0.354 e. The average molecular weight is 321 g/mol. The van der Waals surface area contributed by atoms with E-state index in [2.05, 4.69) is 53.3 Å². The fraction of sp³-hybridized carbons (Fsp3) is 0.368. The van der Waals surface area contributed by atoms with Crippen LogP contribution in [0.25, 0.3) is 16.8 Å². The van der Waals surface area contributed by atoms with Crippen LogP contribution in [0.15, 0.2) is 36.7 Å². The van der Waals surface area contributed by atoms with Crippen molar-refractivity contribution in [3.63, 3.8) is 0 Å². The standard InChI is InChI=1S/C19H23N5/c1-14-4-5-16(12-15(14)2)17-13-18-19(21-8-11-24(18)22-17)23-9-3-6-20-7-10-23/h4-5,8,11-13,20H,3,6-7,9-10H2,1-2H3. The number of aromatic nitrogens is 3. The zero-order chi connectivity index (χ0) is 16.5. The van der Waals surface area contributed by atoms with Crippen molar-refractivity contribution in [2.75, 3.05) is 31.1 Å². The summed E-state index contributed by atoms with van der Waals surface area (Å²) >= 11 is 0. The smallest absolute Gasteiger partial charge is 0.154 e. The quantitative estimate of drug-likeness (QED) is 0.788. The lowest BCUT2D eigenvalue weighted by Crippen LogP contribution is -2.29. The van der Waals surface area contributed by atoms with Crippen LogP contribution in [0.3, 0.4) is 0 Å². The van der Waals surface area contributed by atoms with Crippen molar-refractivity contribution >= 4 is 11.3 Å². The highest BCUT2D eigenvalue weighted by atomic mass is 15.3. The molecule has 0 atom stereocenters. The van der Waals surface area contributed by atoms with Crippen molar-refractivity contribution in [3.8, 4) is 11.3 Å².